The van der Waals surface area contributed by atoms with Gasteiger partial charge in [0.25, 0.3) is 5.91 Å². The van der Waals surface area contributed by atoms with E-state index in [-0.39, 0.29) is 5.91 Å². The molecule has 0 saturated carbocycles. The number of carbonyl (C=O) groups excluding carboxylic acids is 1. The van der Waals surface area contributed by atoms with E-state index in [1.807, 2.05) is 25.1 Å². The van der Waals surface area contributed by atoms with Crippen molar-refractivity contribution in [3.05, 3.63) is 33.8 Å². The number of aryl methyl sites for hydroxylation is 1. The van der Waals surface area contributed by atoms with Gasteiger partial charge in [-0.3, -0.25) is 4.79 Å². The van der Waals surface area contributed by atoms with Gasteiger partial charge in [0.05, 0.1) is 5.56 Å². The van der Waals surface area contributed by atoms with Gasteiger partial charge in [0.15, 0.2) is 0 Å². The molecule has 0 fully saturated rings. The quantitative estimate of drug-likeness (QED) is 0.784. The summed E-state index contributed by atoms with van der Waals surface area (Å²) in [5.41, 5.74) is 1.77. The third kappa shape index (κ3) is 4.78. The van der Waals surface area contributed by atoms with E-state index in [2.05, 4.69) is 21.2 Å². The van der Waals surface area contributed by atoms with Gasteiger partial charge in [-0.2, -0.15) is 0 Å². The first kappa shape index (κ1) is 15.2. The largest absolute Gasteiger partial charge is 0.385 e. The third-order valence-corrected chi connectivity index (χ3v) is 3.80. The van der Waals surface area contributed by atoms with Crippen LogP contribution < -0.4 is 5.32 Å². The molecular formula is C14H20BrNO2. The van der Waals surface area contributed by atoms with Gasteiger partial charge in [0, 0.05) is 24.7 Å². The Morgan fingerprint density at radius 3 is 2.83 bits per heavy atom. The molecule has 0 aliphatic carbocycles. The van der Waals surface area contributed by atoms with Crippen LogP contribution in [-0.2, 0) is 4.74 Å². The lowest BCUT2D eigenvalue weighted by atomic mass is 10.1. The van der Waals surface area contributed by atoms with Crippen molar-refractivity contribution in [2.45, 2.75) is 26.2 Å². The predicted octanol–water partition coefficient (Wildman–Crippen LogP) is 3.30. The topological polar surface area (TPSA) is 38.3 Å². The summed E-state index contributed by atoms with van der Waals surface area (Å²) in [6.07, 6.45) is 3.10. The monoisotopic (exact) mass is 313 g/mol. The van der Waals surface area contributed by atoms with Gasteiger partial charge >= 0.3 is 0 Å². The smallest absolute Gasteiger partial charge is 0.252 e. The molecule has 1 rings (SSSR count). The molecule has 0 aliphatic heterocycles. The summed E-state index contributed by atoms with van der Waals surface area (Å²) in [6.45, 7) is 3.48. The van der Waals surface area contributed by atoms with Gasteiger partial charge in [0.1, 0.15) is 0 Å². The molecule has 1 N–H and O–H groups in total. The van der Waals surface area contributed by atoms with Gasteiger partial charge in [-0.25, -0.2) is 0 Å². The van der Waals surface area contributed by atoms with Crippen LogP contribution in [0.1, 0.15) is 35.2 Å². The van der Waals surface area contributed by atoms with Crippen LogP contribution in [0, 0.1) is 6.92 Å². The Labute approximate surface area is 117 Å². The van der Waals surface area contributed by atoms with E-state index in [1.54, 1.807) is 7.11 Å². The third-order valence-electron chi connectivity index (χ3n) is 2.75. The number of rotatable bonds is 7. The Kier molecular flexibility index (Phi) is 6.98. The van der Waals surface area contributed by atoms with Crippen LogP contribution in [0.2, 0.25) is 0 Å². The molecule has 4 heteroatoms. The highest BCUT2D eigenvalue weighted by Crippen LogP contribution is 2.20. The van der Waals surface area contributed by atoms with E-state index in [0.717, 1.165) is 35.9 Å². The van der Waals surface area contributed by atoms with Crippen LogP contribution in [0.4, 0.5) is 0 Å². The molecule has 0 unspecified atom stereocenters. The second kappa shape index (κ2) is 8.27. The molecule has 100 valence electrons. The molecule has 18 heavy (non-hydrogen) atoms. The fourth-order valence-electron chi connectivity index (χ4n) is 1.67. The summed E-state index contributed by atoms with van der Waals surface area (Å²) in [7, 11) is 1.71. The van der Waals surface area contributed by atoms with Gasteiger partial charge in [-0.05, 0) is 53.7 Å². The van der Waals surface area contributed by atoms with E-state index >= 15 is 0 Å². The summed E-state index contributed by atoms with van der Waals surface area (Å²) in [5, 5.41) is 2.93. The summed E-state index contributed by atoms with van der Waals surface area (Å²) in [4.78, 5) is 11.9. The Bertz CT molecular complexity index is 393. The lowest BCUT2D eigenvalue weighted by Crippen LogP contribution is -2.25. The normalized spacial score (nSPS) is 10.4. The highest BCUT2D eigenvalue weighted by Gasteiger charge is 2.10. The van der Waals surface area contributed by atoms with Gasteiger partial charge in [-0.1, -0.05) is 12.1 Å². The van der Waals surface area contributed by atoms with E-state index in [4.69, 9.17) is 4.74 Å². The average molecular weight is 314 g/mol. The van der Waals surface area contributed by atoms with Crippen molar-refractivity contribution in [1.29, 1.82) is 0 Å². The second-order valence-corrected chi connectivity index (χ2v) is 5.04. The minimum Gasteiger partial charge on any atom is -0.385 e. The average Bonchev–Trinajstić information content (AvgIpc) is 2.36. The summed E-state index contributed by atoms with van der Waals surface area (Å²) in [5.74, 6) is -0.0164. The van der Waals surface area contributed by atoms with E-state index < -0.39 is 0 Å². The van der Waals surface area contributed by atoms with E-state index in [9.17, 15) is 4.79 Å². The molecule has 0 atom stereocenters. The molecule has 0 spiro atoms. The van der Waals surface area contributed by atoms with Crippen LogP contribution in [0.5, 0.6) is 0 Å². The van der Waals surface area contributed by atoms with Gasteiger partial charge < -0.3 is 10.1 Å². The van der Waals surface area contributed by atoms with Crippen molar-refractivity contribution < 1.29 is 9.53 Å². The minimum atomic E-state index is -0.0164. The molecule has 0 radical (unpaired) electrons. The van der Waals surface area contributed by atoms with Crippen LogP contribution in [0.15, 0.2) is 22.7 Å². The fraction of sp³-hybridized carbons (Fsp3) is 0.500. The zero-order valence-corrected chi connectivity index (χ0v) is 12.5. The highest BCUT2D eigenvalue weighted by molar-refractivity contribution is 9.10. The van der Waals surface area contributed by atoms with Gasteiger partial charge in [-0.15, -0.1) is 0 Å². The minimum absolute atomic E-state index is 0.0164. The molecule has 0 bridgehead atoms. The first-order valence-electron chi connectivity index (χ1n) is 6.19. The summed E-state index contributed by atoms with van der Waals surface area (Å²) >= 11 is 3.45. The number of benzene rings is 1. The van der Waals surface area contributed by atoms with Crippen LogP contribution in [0.3, 0.4) is 0 Å². The number of unbranched alkanes of at least 4 members (excludes halogenated alkanes) is 2. The fourth-order valence-corrected chi connectivity index (χ4v) is 2.11. The number of nitrogens with one attached hydrogen (secondary N) is 1. The predicted molar refractivity (Wildman–Crippen MR) is 76.9 cm³/mol. The van der Waals surface area contributed by atoms with E-state index in [1.165, 1.54) is 0 Å². The maximum absolute atomic E-state index is 11.9. The molecule has 3 nitrogen and oxygen atoms in total. The number of hydrogen-bond donors (Lipinski definition) is 1. The summed E-state index contributed by atoms with van der Waals surface area (Å²) < 4.78 is 5.85. The Hall–Kier alpha value is -0.870. The molecule has 0 saturated heterocycles. The first-order chi connectivity index (χ1) is 8.66. The Morgan fingerprint density at radius 1 is 1.33 bits per heavy atom. The van der Waals surface area contributed by atoms with Crippen molar-refractivity contribution in [3.63, 3.8) is 0 Å². The lowest BCUT2D eigenvalue weighted by Gasteiger charge is -2.08. The van der Waals surface area contributed by atoms with Crippen molar-refractivity contribution >= 4 is 21.8 Å². The number of ether oxygens (including phenoxy) is 1. The number of amides is 1. The molecule has 1 amide bonds. The highest BCUT2D eigenvalue weighted by atomic mass is 79.9. The Morgan fingerprint density at radius 2 is 2.11 bits per heavy atom. The molecule has 1 aromatic rings. The lowest BCUT2D eigenvalue weighted by molar-refractivity contribution is 0.0952. The first-order valence-corrected chi connectivity index (χ1v) is 6.98. The van der Waals surface area contributed by atoms with Crippen LogP contribution in [-0.4, -0.2) is 26.2 Å². The molecule has 0 aliphatic rings. The van der Waals surface area contributed by atoms with E-state index in [0.29, 0.717) is 12.1 Å². The maximum Gasteiger partial charge on any atom is 0.252 e. The van der Waals surface area contributed by atoms with Crippen LogP contribution in [0.25, 0.3) is 0 Å². The van der Waals surface area contributed by atoms with Crippen LogP contribution >= 0.6 is 15.9 Å². The van der Waals surface area contributed by atoms with Crippen molar-refractivity contribution in [2.24, 2.45) is 0 Å². The second-order valence-electron chi connectivity index (χ2n) is 4.25. The van der Waals surface area contributed by atoms with Crippen molar-refractivity contribution in [1.82, 2.24) is 5.32 Å². The molecular weight excluding hydrogens is 294 g/mol. The zero-order valence-electron chi connectivity index (χ0n) is 11.0. The molecule has 1 aromatic carbocycles. The van der Waals surface area contributed by atoms with Gasteiger partial charge in [0.2, 0.25) is 0 Å². The molecule has 0 aromatic heterocycles. The number of hydrogen-bond acceptors (Lipinski definition) is 2. The SMILES string of the molecule is COCCCCCNC(=O)c1cccc(C)c1Br. The number of carbonyl (C=O) groups is 1. The summed E-state index contributed by atoms with van der Waals surface area (Å²) in [6, 6.07) is 5.70. The zero-order chi connectivity index (χ0) is 13.4. The maximum atomic E-state index is 11.9. The van der Waals surface area contributed by atoms with Crippen molar-refractivity contribution in [3.8, 4) is 0 Å². The Balaban J connectivity index is 2.35. The molecule has 0 heterocycles. The standard InChI is InChI=1S/C14H20BrNO2/c1-11-7-6-8-12(13(11)15)14(17)16-9-4-3-5-10-18-2/h6-8H,3-5,9-10H2,1-2H3,(H,16,17). The van der Waals surface area contributed by atoms with Crippen molar-refractivity contribution in [2.75, 3.05) is 20.3 Å². The number of methoxy groups -OCH3 is 1. The number of halogens is 1.